The van der Waals surface area contributed by atoms with Gasteiger partial charge in [-0.2, -0.15) is 5.10 Å². The van der Waals surface area contributed by atoms with E-state index in [9.17, 15) is 9.18 Å². The van der Waals surface area contributed by atoms with Gasteiger partial charge in [-0.25, -0.2) is 9.18 Å². The molecule has 1 aliphatic rings. The SMILES string of the molecule is CC(Oc1ccc(NC(=O)Nc2ccc(F)cc2)cc1-c1ccnn1C)C1CCCCN1. The Morgan fingerprint density at radius 2 is 1.91 bits per heavy atom. The van der Waals surface area contributed by atoms with Gasteiger partial charge in [0.2, 0.25) is 0 Å². The number of piperidine rings is 1. The maximum Gasteiger partial charge on any atom is 0.323 e. The third-order valence-corrected chi connectivity index (χ3v) is 5.66. The number of rotatable bonds is 6. The lowest BCUT2D eigenvalue weighted by Crippen LogP contribution is -2.44. The Bertz CT molecular complexity index is 1060. The van der Waals surface area contributed by atoms with E-state index in [0.717, 1.165) is 30.0 Å². The fourth-order valence-corrected chi connectivity index (χ4v) is 3.94. The van der Waals surface area contributed by atoms with Crippen molar-refractivity contribution in [3.8, 4) is 17.0 Å². The second-order valence-corrected chi connectivity index (χ2v) is 8.02. The first-order chi connectivity index (χ1) is 15.5. The molecule has 32 heavy (non-hydrogen) atoms. The van der Waals surface area contributed by atoms with Gasteiger partial charge in [0.15, 0.2) is 0 Å². The van der Waals surface area contributed by atoms with Gasteiger partial charge in [0.25, 0.3) is 0 Å². The number of benzene rings is 2. The van der Waals surface area contributed by atoms with Crippen LogP contribution in [0.3, 0.4) is 0 Å². The molecule has 2 unspecified atom stereocenters. The molecule has 0 bridgehead atoms. The average molecular weight is 438 g/mol. The summed E-state index contributed by atoms with van der Waals surface area (Å²) < 4.78 is 21.2. The van der Waals surface area contributed by atoms with E-state index in [-0.39, 0.29) is 11.9 Å². The maximum absolute atomic E-state index is 13.1. The molecule has 1 aliphatic heterocycles. The van der Waals surface area contributed by atoms with Crippen LogP contribution in [0.4, 0.5) is 20.6 Å². The molecular weight excluding hydrogens is 409 g/mol. The molecule has 1 fully saturated rings. The van der Waals surface area contributed by atoms with Crippen LogP contribution in [0.15, 0.2) is 54.7 Å². The monoisotopic (exact) mass is 437 g/mol. The van der Waals surface area contributed by atoms with E-state index in [1.165, 1.54) is 37.1 Å². The second kappa shape index (κ2) is 9.82. The Morgan fingerprint density at radius 1 is 1.16 bits per heavy atom. The highest BCUT2D eigenvalue weighted by molar-refractivity contribution is 6.00. The third kappa shape index (κ3) is 5.26. The fourth-order valence-electron chi connectivity index (χ4n) is 3.94. The van der Waals surface area contributed by atoms with Crippen molar-refractivity contribution in [2.45, 2.75) is 38.3 Å². The minimum absolute atomic E-state index is 0.00265. The quantitative estimate of drug-likeness (QED) is 0.519. The van der Waals surface area contributed by atoms with Gasteiger partial charge in [-0.3, -0.25) is 4.68 Å². The number of urea groups is 1. The Labute approximate surface area is 187 Å². The largest absolute Gasteiger partial charge is 0.488 e. The molecule has 8 heteroatoms. The fraction of sp³-hybridized carbons (Fsp3) is 0.333. The highest BCUT2D eigenvalue weighted by atomic mass is 19.1. The van der Waals surface area contributed by atoms with Gasteiger partial charge >= 0.3 is 6.03 Å². The summed E-state index contributed by atoms with van der Waals surface area (Å²) in [4.78, 5) is 12.4. The normalized spacial score (nSPS) is 16.9. The summed E-state index contributed by atoms with van der Waals surface area (Å²) in [5.74, 6) is 0.378. The van der Waals surface area contributed by atoms with Crippen LogP contribution in [-0.4, -0.2) is 34.5 Å². The molecule has 0 spiro atoms. The summed E-state index contributed by atoms with van der Waals surface area (Å²) in [6.07, 6.45) is 5.22. The zero-order valence-electron chi connectivity index (χ0n) is 18.3. The van der Waals surface area contributed by atoms with Crippen LogP contribution in [0.25, 0.3) is 11.3 Å². The van der Waals surface area contributed by atoms with Crippen LogP contribution in [-0.2, 0) is 7.05 Å². The standard InChI is InChI=1S/C24H28FN5O2/c1-16(21-5-3-4-13-26-21)32-23-11-10-19(15-20(23)22-12-14-27-30(22)2)29-24(31)28-18-8-6-17(25)7-9-18/h6-12,14-16,21,26H,3-5,13H2,1-2H3,(H2,28,29,31). The number of anilines is 2. The third-order valence-electron chi connectivity index (χ3n) is 5.66. The number of halogens is 1. The number of hydrogen-bond donors (Lipinski definition) is 3. The summed E-state index contributed by atoms with van der Waals surface area (Å²) in [5.41, 5.74) is 2.83. The number of amides is 2. The summed E-state index contributed by atoms with van der Waals surface area (Å²) in [7, 11) is 1.87. The number of carbonyl (C=O) groups is 1. The van der Waals surface area contributed by atoms with Crippen LogP contribution in [0.5, 0.6) is 5.75 Å². The highest BCUT2D eigenvalue weighted by Gasteiger charge is 2.22. The molecule has 2 heterocycles. The van der Waals surface area contributed by atoms with Crippen molar-refractivity contribution < 1.29 is 13.9 Å². The first-order valence-corrected chi connectivity index (χ1v) is 10.9. The number of nitrogens with zero attached hydrogens (tertiary/aromatic N) is 2. The zero-order chi connectivity index (χ0) is 22.5. The molecule has 3 aromatic rings. The zero-order valence-corrected chi connectivity index (χ0v) is 18.3. The molecule has 168 valence electrons. The summed E-state index contributed by atoms with van der Waals surface area (Å²) in [5, 5.41) is 13.3. The van der Waals surface area contributed by atoms with Crippen LogP contribution < -0.4 is 20.7 Å². The van der Waals surface area contributed by atoms with E-state index in [4.69, 9.17) is 4.74 Å². The Balaban J connectivity index is 1.53. The molecule has 3 N–H and O–H groups in total. The van der Waals surface area contributed by atoms with Crippen molar-refractivity contribution in [2.75, 3.05) is 17.2 Å². The molecule has 2 aromatic carbocycles. The van der Waals surface area contributed by atoms with E-state index < -0.39 is 6.03 Å². The number of carbonyl (C=O) groups excluding carboxylic acids is 1. The Hall–Kier alpha value is -3.39. The Kier molecular flexibility index (Phi) is 6.70. The van der Waals surface area contributed by atoms with E-state index >= 15 is 0 Å². The van der Waals surface area contributed by atoms with E-state index in [1.54, 1.807) is 16.9 Å². The molecule has 1 saturated heterocycles. The lowest BCUT2D eigenvalue weighted by molar-refractivity contribution is 0.153. The average Bonchev–Trinajstić information content (AvgIpc) is 3.22. The van der Waals surface area contributed by atoms with Gasteiger partial charge in [-0.1, -0.05) is 6.42 Å². The minimum Gasteiger partial charge on any atom is -0.488 e. The van der Waals surface area contributed by atoms with Crippen LogP contribution >= 0.6 is 0 Å². The van der Waals surface area contributed by atoms with Crippen molar-refractivity contribution >= 4 is 17.4 Å². The van der Waals surface area contributed by atoms with Crippen molar-refractivity contribution in [3.63, 3.8) is 0 Å². The summed E-state index contributed by atoms with van der Waals surface area (Å²) in [6, 6.07) is 13.0. The van der Waals surface area contributed by atoms with Crippen LogP contribution in [0, 0.1) is 5.82 Å². The van der Waals surface area contributed by atoms with E-state index in [0.29, 0.717) is 17.4 Å². The van der Waals surface area contributed by atoms with Crippen LogP contribution in [0.2, 0.25) is 0 Å². The van der Waals surface area contributed by atoms with Gasteiger partial charge in [0, 0.05) is 36.2 Å². The first-order valence-electron chi connectivity index (χ1n) is 10.9. The molecular formula is C24H28FN5O2. The van der Waals surface area contributed by atoms with E-state index in [2.05, 4.69) is 28.0 Å². The number of hydrogen-bond acceptors (Lipinski definition) is 4. The van der Waals surface area contributed by atoms with Gasteiger partial charge < -0.3 is 20.7 Å². The Morgan fingerprint density at radius 3 is 2.59 bits per heavy atom. The first kappa shape index (κ1) is 21.8. The smallest absolute Gasteiger partial charge is 0.323 e. The lowest BCUT2D eigenvalue weighted by atomic mass is 10.0. The molecule has 1 aromatic heterocycles. The molecule has 0 radical (unpaired) electrons. The van der Waals surface area contributed by atoms with Gasteiger partial charge in [0.1, 0.15) is 17.7 Å². The maximum atomic E-state index is 13.1. The minimum atomic E-state index is -0.416. The molecule has 2 atom stereocenters. The molecule has 7 nitrogen and oxygen atoms in total. The number of aryl methyl sites for hydroxylation is 1. The lowest BCUT2D eigenvalue weighted by Gasteiger charge is -2.30. The molecule has 0 aliphatic carbocycles. The van der Waals surface area contributed by atoms with Gasteiger partial charge in [0.05, 0.1) is 5.69 Å². The van der Waals surface area contributed by atoms with E-state index in [1.807, 2.05) is 25.2 Å². The summed E-state index contributed by atoms with van der Waals surface area (Å²) in [6.45, 7) is 3.09. The number of ether oxygens (including phenoxy) is 1. The predicted octanol–water partition coefficient (Wildman–Crippen LogP) is 4.78. The number of nitrogens with one attached hydrogen (secondary N) is 3. The predicted molar refractivity (Wildman–Crippen MR) is 123 cm³/mol. The highest BCUT2D eigenvalue weighted by Crippen LogP contribution is 2.34. The number of aromatic nitrogens is 2. The van der Waals surface area contributed by atoms with Crippen LogP contribution in [0.1, 0.15) is 26.2 Å². The molecule has 2 amide bonds. The molecule has 0 saturated carbocycles. The van der Waals surface area contributed by atoms with Crippen molar-refractivity contribution in [3.05, 3.63) is 60.5 Å². The summed E-state index contributed by atoms with van der Waals surface area (Å²) >= 11 is 0. The molecule has 4 rings (SSSR count). The second-order valence-electron chi connectivity index (χ2n) is 8.02. The van der Waals surface area contributed by atoms with Crippen molar-refractivity contribution in [1.29, 1.82) is 0 Å². The topological polar surface area (TPSA) is 80.2 Å². The van der Waals surface area contributed by atoms with Gasteiger partial charge in [-0.05, 0) is 74.8 Å². The van der Waals surface area contributed by atoms with Crippen molar-refractivity contribution in [2.24, 2.45) is 7.05 Å². The van der Waals surface area contributed by atoms with Gasteiger partial charge in [-0.15, -0.1) is 0 Å². The van der Waals surface area contributed by atoms with Crippen molar-refractivity contribution in [1.82, 2.24) is 15.1 Å².